The van der Waals surface area contributed by atoms with E-state index >= 15 is 0 Å². The Hall–Kier alpha value is -1.44. The molecule has 0 radical (unpaired) electrons. The third-order valence-corrected chi connectivity index (χ3v) is 6.49. The minimum Gasteiger partial charge on any atom is -0.333 e. The number of carbonyl (C=O) groups is 1. The second-order valence-corrected chi connectivity index (χ2v) is 8.83. The summed E-state index contributed by atoms with van der Waals surface area (Å²) in [5.41, 5.74) is 0.436. The first-order chi connectivity index (χ1) is 11.9. The molecule has 1 aliphatic carbocycles. The van der Waals surface area contributed by atoms with Gasteiger partial charge >= 0.3 is 0 Å². The SMILES string of the molecule is CCN1CCN(C(=O)c2cccc(S(=O)(=O)NCC3CC3)c2)C(C)C1. The van der Waals surface area contributed by atoms with Gasteiger partial charge in [0.25, 0.3) is 5.91 Å². The standard InChI is InChI=1S/C18H27N3O3S/c1-3-20-9-10-21(14(2)13-20)18(22)16-5-4-6-17(11-16)25(23,24)19-12-15-7-8-15/h4-6,11,14-15,19H,3,7-10,12-13H2,1-2H3. The van der Waals surface area contributed by atoms with Gasteiger partial charge in [-0.05, 0) is 50.4 Å². The van der Waals surface area contributed by atoms with Crippen LogP contribution in [0.5, 0.6) is 0 Å². The molecule has 1 N–H and O–H groups in total. The molecule has 1 heterocycles. The molecule has 1 saturated heterocycles. The summed E-state index contributed by atoms with van der Waals surface area (Å²) in [7, 11) is -3.56. The molecule has 138 valence electrons. The van der Waals surface area contributed by atoms with Crippen molar-refractivity contribution < 1.29 is 13.2 Å². The van der Waals surface area contributed by atoms with Gasteiger partial charge in [-0.2, -0.15) is 0 Å². The lowest BCUT2D eigenvalue weighted by Gasteiger charge is -2.39. The summed E-state index contributed by atoms with van der Waals surface area (Å²) in [6.07, 6.45) is 2.17. The summed E-state index contributed by atoms with van der Waals surface area (Å²) in [5.74, 6) is 0.373. The number of hydrogen-bond acceptors (Lipinski definition) is 4. The molecule has 1 saturated carbocycles. The maximum absolute atomic E-state index is 12.9. The van der Waals surface area contributed by atoms with Gasteiger partial charge in [0, 0.05) is 37.8 Å². The Balaban J connectivity index is 1.73. The van der Waals surface area contributed by atoms with E-state index in [9.17, 15) is 13.2 Å². The highest BCUT2D eigenvalue weighted by Gasteiger charge is 2.28. The summed E-state index contributed by atoms with van der Waals surface area (Å²) in [5, 5.41) is 0. The van der Waals surface area contributed by atoms with E-state index in [4.69, 9.17) is 0 Å². The predicted molar refractivity (Wildman–Crippen MR) is 97.0 cm³/mol. The van der Waals surface area contributed by atoms with E-state index < -0.39 is 10.0 Å². The summed E-state index contributed by atoms with van der Waals surface area (Å²) in [6, 6.07) is 6.50. The zero-order valence-corrected chi connectivity index (χ0v) is 15.8. The molecule has 2 aliphatic rings. The molecule has 0 aromatic heterocycles. The molecule has 25 heavy (non-hydrogen) atoms. The van der Waals surface area contributed by atoms with Crippen LogP contribution in [0.3, 0.4) is 0 Å². The Morgan fingerprint density at radius 3 is 2.68 bits per heavy atom. The number of benzene rings is 1. The van der Waals surface area contributed by atoms with E-state index in [-0.39, 0.29) is 16.8 Å². The first-order valence-corrected chi connectivity index (χ1v) is 10.5. The van der Waals surface area contributed by atoms with Crippen LogP contribution in [-0.2, 0) is 10.0 Å². The quantitative estimate of drug-likeness (QED) is 0.830. The van der Waals surface area contributed by atoms with Gasteiger partial charge < -0.3 is 4.90 Å². The first kappa shape index (κ1) is 18.4. The van der Waals surface area contributed by atoms with E-state index in [0.29, 0.717) is 24.6 Å². The largest absolute Gasteiger partial charge is 0.333 e. The van der Waals surface area contributed by atoms with E-state index in [1.807, 2.05) is 11.8 Å². The molecule has 1 amide bonds. The van der Waals surface area contributed by atoms with Crippen molar-refractivity contribution in [1.82, 2.24) is 14.5 Å². The summed E-state index contributed by atoms with van der Waals surface area (Å²) < 4.78 is 27.5. The van der Waals surface area contributed by atoms with E-state index in [2.05, 4.69) is 16.5 Å². The van der Waals surface area contributed by atoms with Crippen LogP contribution in [0.1, 0.15) is 37.0 Å². The number of rotatable bonds is 6. The molecule has 1 aromatic rings. The fourth-order valence-electron chi connectivity index (χ4n) is 3.22. The Kier molecular flexibility index (Phi) is 5.46. The smallest absolute Gasteiger partial charge is 0.254 e. The van der Waals surface area contributed by atoms with Gasteiger partial charge in [0.1, 0.15) is 0 Å². The summed E-state index contributed by atoms with van der Waals surface area (Å²) >= 11 is 0. The van der Waals surface area contributed by atoms with Crippen LogP contribution in [0.4, 0.5) is 0 Å². The number of amides is 1. The van der Waals surface area contributed by atoms with Crippen LogP contribution in [0.25, 0.3) is 0 Å². The van der Waals surface area contributed by atoms with Gasteiger partial charge in [-0.25, -0.2) is 13.1 Å². The minimum absolute atomic E-state index is 0.0949. The molecule has 1 unspecified atom stereocenters. The third kappa shape index (κ3) is 4.40. The Morgan fingerprint density at radius 1 is 1.28 bits per heavy atom. The maximum atomic E-state index is 12.9. The highest BCUT2D eigenvalue weighted by Crippen LogP contribution is 2.28. The van der Waals surface area contributed by atoms with Crippen molar-refractivity contribution in [3.05, 3.63) is 29.8 Å². The molecule has 6 nitrogen and oxygen atoms in total. The monoisotopic (exact) mass is 365 g/mol. The molecule has 2 fully saturated rings. The average molecular weight is 365 g/mol. The molecule has 3 rings (SSSR count). The van der Waals surface area contributed by atoms with Gasteiger partial charge in [0.15, 0.2) is 0 Å². The van der Waals surface area contributed by atoms with E-state index in [0.717, 1.165) is 32.5 Å². The number of hydrogen-bond donors (Lipinski definition) is 1. The molecular formula is C18H27N3O3S. The van der Waals surface area contributed by atoms with Crippen molar-refractivity contribution in [3.8, 4) is 0 Å². The number of carbonyl (C=O) groups excluding carboxylic acids is 1. The van der Waals surface area contributed by atoms with Gasteiger partial charge in [-0.1, -0.05) is 13.0 Å². The molecule has 0 spiro atoms. The van der Waals surface area contributed by atoms with Crippen molar-refractivity contribution in [2.24, 2.45) is 5.92 Å². The zero-order valence-electron chi connectivity index (χ0n) is 14.9. The lowest BCUT2D eigenvalue weighted by atomic mass is 10.1. The summed E-state index contributed by atoms with van der Waals surface area (Å²) in [4.78, 5) is 17.2. The number of likely N-dealkylation sites (N-methyl/N-ethyl adjacent to an activating group) is 1. The van der Waals surface area contributed by atoms with E-state index in [1.54, 1.807) is 18.2 Å². The molecule has 7 heteroatoms. The molecule has 1 aromatic carbocycles. The van der Waals surface area contributed by atoms with Crippen molar-refractivity contribution in [2.45, 2.75) is 37.6 Å². The van der Waals surface area contributed by atoms with Crippen LogP contribution < -0.4 is 4.72 Å². The minimum atomic E-state index is -3.56. The van der Waals surface area contributed by atoms with Crippen molar-refractivity contribution in [3.63, 3.8) is 0 Å². The van der Waals surface area contributed by atoms with Gasteiger partial charge in [0.05, 0.1) is 4.90 Å². The van der Waals surface area contributed by atoms with Crippen LogP contribution in [0.2, 0.25) is 0 Å². The normalized spacial score (nSPS) is 22.2. The highest BCUT2D eigenvalue weighted by atomic mass is 32.2. The molecule has 0 bridgehead atoms. The highest BCUT2D eigenvalue weighted by molar-refractivity contribution is 7.89. The maximum Gasteiger partial charge on any atom is 0.254 e. The van der Waals surface area contributed by atoms with Gasteiger partial charge in [0.2, 0.25) is 10.0 Å². The average Bonchev–Trinajstić information content (AvgIpc) is 3.44. The predicted octanol–water partition coefficient (Wildman–Crippen LogP) is 1.54. The fraction of sp³-hybridized carbons (Fsp3) is 0.611. The van der Waals surface area contributed by atoms with Crippen molar-refractivity contribution >= 4 is 15.9 Å². The van der Waals surface area contributed by atoms with Gasteiger partial charge in [-0.15, -0.1) is 0 Å². The second-order valence-electron chi connectivity index (χ2n) is 7.06. The van der Waals surface area contributed by atoms with Gasteiger partial charge in [-0.3, -0.25) is 9.69 Å². The third-order valence-electron chi connectivity index (χ3n) is 5.07. The second kappa shape index (κ2) is 7.43. The van der Waals surface area contributed by atoms with Crippen LogP contribution in [0.15, 0.2) is 29.2 Å². The topological polar surface area (TPSA) is 69.7 Å². The molecular weight excluding hydrogens is 338 g/mol. The lowest BCUT2D eigenvalue weighted by molar-refractivity contribution is 0.0499. The summed E-state index contributed by atoms with van der Waals surface area (Å²) in [6.45, 7) is 8.00. The van der Waals surface area contributed by atoms with Crippen LogP contribution >= 0.6 is 0 Å². The fourth-order valence-corrected chi connectivity index (χ4v) is 4.38. The molecule has 1 aliphatic heterocycles. The Morgan fingerprint density at radius 2 is 2.04 bits per heavy atom. The van der Waals surface area contributed by atoms with E-state index in [1.165, 1.54) is 6.07 Å². The van der Waals surface area contributed by atoms with Crippen LogP contribution in [-0.4, -0.2) is 62.9 Å². The number of nitrogens with one attached hydrogen (secondary N) is 1. The zero-order chi connectivity index (χ0) is 18.0. The number of nitrogens with zero attached hydrogens (tertiary/aromatic N) is 2. The lowest BCUT2D eigenvalue weighted by Crippen LogP contribution is -2.53. The first-order valence-electron chi connectivity index (χ1n) is 9.03. The van der Waals surface area contributed by atoms with Crippen LogP contribution in [0, 0.1) is 5.92 Å². The number of sulfonamides is 1. The Bertz CT molecular complexity index is 731. The number of piperazine rings is 1. The van der Waals surface area contributed by atoms with Crippen molar-refractivity contribution in [1.29, 1.82) is 0 Å². The molecule has 1 atom stereocenters. The Labute approximate surface area is 150 Å². The van der Waals surface area contributed by atoms with Crippen molar-refractivity contribution in [2.75, 3.05) is 32.7 Å².